The Balaban J connectivity index is 0.000000260. The largest absolute Gasteiger partial charge is 0.481 e. The Morgan fingerprint density at radius 1 is 1.23 bits per heavy atom. The smallest absolute Gasteiger partial charge is 0.303 e. The van der Waals surface area contributed by atoms with Crippen LogP contribution in [0.5, 0.6) is 0 Å². The zero-order chi connectivity index (χ0) is 19.3. The number of amides is 1. The molecule has 0 fully saturated rings. The van der Waals surface area contributed by atoms with E-state index in [1.807, 2.05) is 19.2 Å². The molecule has 1 aliphatic rings. The minimum atomic E-state index is -1.08. The second-order valence-electron chi connectivity index (χ2n) is 6.22. The highest BCUT2D eigenvalue weighted by Gasteiger charge is 2.21. The summed E-state index contributed by atoms with van der Waals surface area (Å²) < 4.78 is 0. The second kappa shape index (κ2) is 8.48. The summed E-state index contributed by atoms with van der Waals surface area (Å²) in [6.07, 6.45) is 2.62. The monoisotopic (exact) mass is 361 g/mol. The third-order valence-corrected chi connectivity index (χ3v) is 4.43. The number of aromatic nitrogens is 1. The number of H-pyrrole nitrogens is 1. The fourth-order valence-corrected chi connectivity index (χ4v) is 3.03. The maximum atomic E-state index is 11.3. The molecule has 8 heteroatoms. The number of aromatic amines is 1. The number of carbonyl (C=O) groups is 3. The SMILES string of the molecule is CNC1CCc2[nH]c3ccc(C(N)=O)cc3c2C1.O=C(O)CCC(=O)O. The van der Waals surface area contributed by atoms with Crippen LogP contribution in [0.3, 0.4) is 0 Å². The number of carboxylic acids is 2. The molecule has 1 amide bonds. The van der Waals surface area contributed by atoms with E-state index < -0.39 is 11.9 Å². The van der Waals surface area contributed by atoms with Crippen molar-refractivity contribution < 1.29 is 24.6 Å². The molecule has 6 N–H and O–H groups in total. The summed E-state index contributed by atoms with van der Waals surface area (Å²) in [6.45, 7) is 0. The first-order chi connectivity index (χ1) is 12.3. The van der Waals surface area contributed by atoms with Gasteiger partial charge in [0.15, 0.2) is 0 Å². The predicted molar refractivity (Wildman–Crippen MR) is 96.2 cm³/mol. The van der Waals surface area contributed by atoms with Gasteiger partial charge < -0.3 is 26.2 Å². The number of aryl methyl sites for hydroxylation is 1. The Hall–Kier alpha value is -2.87. The molecule has 0 saturated carbocycles. The summed E-state index contributed by atoms with van der Waals surface area (Å²) in [5.74, 6) is -2.52. The van der Waals surface area contributed by atoms with E-state index in [1.165, 1.54) is 11.3 Å². The lowest BCUT2D eigenvalue weighted by Gasteiger charge is -2.21. The summed E-state index contributed by atoms with van der Waals surface area (Å²) in [6, 6.07) is 6.16. The average molecular weight is 361 g/mol. The van der Waals surface area contributed by atoms with Crippen molar-refractivity contribution in [2.24, 2.45) is 5.73 Å². The number of benzene rings is 1. The quantitative estimate of drug-likeness (QED) is 0.542. The van der Waals surface area contributed by atoms with E-state index in [4.69, 9.17) is 15.9 Å². The van der Waals surface area contributed by atoms with E-state index in [1.54, 1.807) is 6.07 Å². The molecule has 140 valence electrons. The Kier molecular flexibility index (Phi) is 6.35. The summed E-state index contributed by atoms with van der Waals surface area (Å²) in [4.78, 5) is 34.0. The van der Waals surface area contributed by atoms with Crippen LogP contribution in [0.2, 0.25) is 0 Å². The zero-order valence-electron chi connectivity index (χ0n) is 14.5. The number of aliphatic carboxylic acids is 2. The van der Waals surface area contributed by atoms with E-state index in [-0.39, 0.29) is 18.7 Å². The summed E-state index contributed by atoms with van der Waals surface area (Å²) in [5, 5.41) is 20.3. The zero-order valence-corrected chi connectivity index (χ0v) is 14.5. The number of fused-ring (bicyclic) bond motifs is 3. The number of carboxylic acid groups (broad SMARTS) is 2. The van der Waals surface area contributed by atoms with E-state index in [9.17, 15) is 14.4 Å². The van der Waals surface area contributed by atoms with Crippen molar-refractivity contribution in [3.63, 3.8) is 0 Å². The highest BCUT2D eigenvalue weighted by atomic mass is 16.4. The van der Waals surface area contributed by atoms with Crippen molar-refractivity contribution in [3.8, 4) is 0 Å². The van der Waals surface area contributed by atoms with E-state index in [0.29, 0.717) is 11.6 Å². The second-order valence-corrected chi connectivity index (χ2v) is 6.22. The van der Waals surface area contributed by atoms with Crippen molar-refractivity contribution in [1.29, 1.82) is 0 Å². The van der Waals surface area contributed by atoms with Gasteiger partial charge in [-0.15, -0.1) is 0 Å². The maximum absolute atomic E-state index is 11.3. The number of hydrogen-bond donors (Lipinski definition) is 5. The maximum Gasteiger partial charge on any atom is 0.303 e. The fraction of sp³-hybridized carbons (Fsp3) is 0.389. The molecule has 1 aliphatic carbocycles. The van der Waals surface area contributed by atoms with Crippen LogP contribution >= 0.6 is 0 Å². The molecular weight excluding hydrogens is 338 g/mol. The molecule has 1 unspecified atom stereocenters. The van der Waals surface area contributed by atoms with Gasteiger partial charge in [-0.1, -0.05) is 0 Å². The van der Waals surface area contributed by atoms with Gasteiger partial charge in [0.1, 0.15) is 0 Å². The van der Waals surface area contributed by atoms with Crippen molar-refractivity contribution >= 4 is 28.7 Å². The van der Waals surface area contributed by atoms with Gasteiger partial charge in [0.2, 0.25) is 5.91 Å². The first kappa shape index (κ1) is 19.5. The molecule has 2 aromatic rings. The van der Waals surface area contributed by atoms with Gasteiger partial charge in [-0.25, -0.2) is 0 Å². The summed E-state index contributed by atoms with van der Waals surface area (Å²) in [5.41, 5.74) is 9.66. The van der Waals surface area contributed by atoms with Crippen LogP contribution in [0.1, 0.15) is 40.9 Å². The van der Waals surface area contributed by atoms with Crippen LogP contribution < -0.4 is 11.1 Å². The Bertz CT molecular complexity index is 814. The standard InChI is InChI=1S/C14H17N3O.C4H6O4/c1-16-9-3-5-13-11(7-9)10-6-8(14(15)18)2-4-12(10)17-13;5-3(6)1-2-4(7)8/h2,4,6,9,16-17H,3,5,7H2,1H3,(H2,15,18);1-2H2,(H,5,6)(H,7,8). The van der Waals surface area contributed by atoms with Crippen LogP contribution in [0, 0.1) is 0 Å². The van der Waals surface area contributed by atoms with Gasteiger partial charge in [0.25, 0.3) is 0 Å². The van der Waals surface area contributed by atoms with Crippen molar-refractivity contribution in [1.82, 2.24) is 10.3 Å². The third-order valence-electron chi connectivity index (χ3n) is 4.43. The Morgan fingerprint density at radius 2 is 1.88 bits per heavy atom. The highest BCUT2D eigenvalue weighted by Crippen LogP contribution is 2.29. The molecule has 0 saturated heterocycles. The van der Waals surface area contributed by atoms with Crippen LogP contribution in [0.25, 0.3) is 10.9 Å². The molecule has 1 atom stereocenters. The molecule has 1 heterocycles. The molecule has 3 rings (SSSR count). The summed E-state index contributed by atoms with van der Waals surface area (Å²) in [7, 11) is 2.00. The lowest BCUT2D eigenvalue weighted by molar-refractivity contribution is -0.143. The number of nitrogens with two attached hydrogens (primary N) is 1. The van der Waals surface area contributed by atoms with E-state index in [0.717, 1.165) is 30.2 Å². The van der Waals surface area contributed by atoms with Gasteiger partial charge >= 0.3 is 11.9 Å². The predicted octanol–water partition coefficient (Wildman–Crippen LogP) is 1.28. The molecule has 1 aromatic heterocycles. The van der Waals surface area contributed by atoms with E-state index >= 15 is 0 Å². The minimum absolute atomic E-state index is 0.296. The number of rotatable bonds is 5. The third kappa shape index (κ3) is 4.82. The first-order valence-electron chi connectivity index (χ1n) is 8.36. The molecular formula is C18H23N3O5. The molecule has 0 bridgehead atoms. The molecule has 26 heavy (non-hydrogen) atoms. The molecule has 0 radical (unpaired) electrons. The highest BCUT2D eigenvalue weighted by molar-refractivity contribution is 5.98. The van der Waals surface area contributed by atoms with Crippen molar-refractivity contribution in [3.05, 3.63) is 35.0 Å². The minimum Gasteiger partial charge on any atom is -0.481 e. The molecule has 0 aliphatic heterocycles. The number of carbonyl (C=O) groups excluding carboxylic acids is 1. The molecule has 8 nitrogen and oxygen atoms in total. The average Bonchev–Trinajstić information content (AvgIpc) is 2.97. The Morgan fingerprint density at radius 3 is 2.42 bits per heavy atom. The molecule has 0 spiro atoms. The van der Waals surface area contributed by atoms with Gasteiger partial charge in [0.05, 0.1) is 12.8 Å². The number of nitrogens with one attached hydrogen (secondary N) is 2. The topological polar surface area (TPSA) is 146 Å². The fourth-order valence-electron chi connectivity index (χ4n) is 3.03. The van der Waals surface area contributed by atoms with Gasteiger partial charge in [-0.3, -0.25) is 14.4 Å². The number of primary amides is 1. The van der Waals surface area contributed by atoms with Gasteiger partial charge in [0, 0.05) is 28.2 Å². The van der Waals surface area contributed by atoms with Crippen molar-refractivity contribution in [2.45, 2.75) is 38.1 Å². The van der Waals surface area contributed by atoms with Crippen LogP contribution in [0.4, 0.5) is 0 Å². The van der Waals surface area contributed by atoms with Crippen LogP contribution in [-0.4, -0.2) is 46.1 Å². The first-order valence-corrected chi connectivity index (χ1v) is 8.36. The van der Waals surface area contributed by atoms with Crippen LogP contribution in [0.15, 0.2) is 18.2 Å². The Labute approximate surface area is 150 Å². The lowest BCUT2D eigenvalue weighted by Crippen LogP contribution is -2.31. The van der Waals surface area contributed by atoms with Gasteiger partial charge in [-0.05, 0) is 50.1 Å². The van der Waals surface area contributed by atoms with Gasteiger partial charge in [-0.2, -0.15) is 0 Å². The lowest BCUT2D eigenvalue weighted by atomic mass is 9.91. The normalized spacial score (nSPS) is 15.7. The summed E-state index contributed by atoms with van der Waals surface area (Å²) >= 11 is 0. The number of hydrogen-bond acceptors (Lipinski definition) is 4. The molecule has 1 aromatic carbocycles. The van der Waals surface area contributed by atoms with E-state index in [2.05, 4.69) is 10.3 Å². The van der Waals surface area contributed by atoms with Crippen molar-refractivity contribution in [2.75, 3.05) is 7.05 Å². The number of likely N-dealkylation sites (N-methyl/N-ethyl adjacent to an activating group) is 1. The van der Waals surface area contributed by atoms with Crippen LogP contribution in [-0.2, 0) is 22.4 Å².